The van der Waals surface area contributed by atoms with E-state index in [1.165, 1.54) is 12.1 Å². The summed E-state index contributed by atoms with van der Waals surface area (Å²) in [5, 5.41) is 9.31. The van der Waals surface area contributed by atoms with Gasteiger partial charge in [-0.15, -0.1) is 0 Å². The number of hydrogen-bond donors (Lipinski definition) is 2. The fourth-order valence-electron chi connectivity index (χ4n) is 4.12. The van der Waals surface area contributed by atoms with Crippen molar-refractivity contribution < 1.29 is 14.3 Å². The number of benzene rings is 1. The first kappa shape index (κ1) is 18.6. The molecular formula is C21H23FN4O2. The Bertz CT molecular complexity index is 959. The Labute approximate surface area is 162 Å². The first-order chi connectivity index (χ1) is 13.6. The van der Waals surface area contributed by atoms with E-state index in [0.717, 1.165) is 43.1 Å². The monoisotopic (exact) mass is 382 g/mol. The molecule has 2 N–H and O–H groups in total. The molecule has 1 aliphatic rings. The number of halogens is 1. The van der Waals surface area contributed by atoms with E-state index in [4.69, 9.17) is 0 Å². The standard InChI is InChI=1S/C21H23FN4O2/c22-16-4-5-18-19(11-16)25-20(24-18)9-15-12-26(8-6-14(15)10-21(27)28)13-17-3-1-2-7-23-17/h1-5,7,11,14-15H,6,8-10,12-13H2,(H,24,25)(H,27,28)/t14-,15-/m0/s1. The van der Waals surface area contributed by atoms with Gasteiger partial charge in [0.2, 0.25) is 0 Å². The van der Waals surface area contributed by atoms with Crippen molar-refractivity contribution in [2.45, 2.75) is 25.8 Å². The lowest BCUT2D eigenvalue weighted by molar-refractivity contribution is -0.139. The predicted molar refractivity (Wildman–Crippen MR) is 103 cm³/mol. The van der Waals surface area contributed by atoms with E-state index in [1.54, 1.807) is 12.3 Å². The highest BCUT2D eigenvalue weighted by molar-refractivity contribution is 5.74. The van der Waals surface area contributed by atoms with Gasteiger partial charge in [-0.2, -0.15) is 0 Å². The Morgan fingerprint density at radius 3 is 2.96 bits per heavy atom. The van der Waals surface area contributed by atoms with Gasteiger partial charge in [0.05, 0.1) is 16.7 Å². The Hall–Kier alpha value is -2.80. The molecular weight excluding hydrogens is 359 g/mol. The van der Waals surface area contributed by atoms with Crippen LogP contribution < -0.4 is 0 Å². The van der Waals surface area contributed by atoms with Crippen LogP contribution in [0.25, 0.3) is 11.0 Å². The quantitative estimate of drug-likeness (QED) is 0.684. The van der Waals surface area contributed by atoms with Gasteiger partial charge in [-0.1, -0.05) is 6.07 Å². The van der Waals surface area contributed by atoms with Crippen LogP contribution in [0.4, 0.5) is 4.39 Å². The minimum atomic E-state index is -0.764. The smallest absolute Gasteiger partial charge is 0.303 e. The number of carbonyl (C=O) groups is 1. The van der Waals surface area contributed by atoms with Crippen LogP contribution in [0.1, 0.15) is 24.4 Å². The van der Waals surface area contributed by atoms with Gasteiger partial charge in [-0.05, 0) is 55.1 Å². The fourth-order valence-corrected chi connectivity index (χ4v) is 4.12. The van der Waals surface area contributed by atoms with Crippen molar-refractivity contribution in [1.82, 2.24) is 19.9 Å². The molecule has 146 valence electrons. The molecule has 3 aromatic rings. The summed E-state index contributed by atoms with van der Waals surface area (Å²) >= 11 is 0. The summed E-state index contributed by atoms with van der Waals surface area (Å²) in [6.07, 6.45) is 3.43. The fraction of sp³-hybridized carbons (Fsp3) is 0.381. The van der Waals surface area contributed by atoms with Gasteiger partial charge in [0.1, 0.15) is 11.6 Å². The molecule has 1 aliphatic heterocycles. The Morgan fingerprint density at radius 2 is 2.18 bits per heavy atom. The van der Waals surface area contributed by atoms with Crippen molar-refractivity contribution in [3.8, 4) is 0 Å². The number of aliphatic carboxylic acids is 1. The van der Waals surface area contributed by atoms with Gasteiger partial charge in [0.15, 0.2) is 0 Å². The van der Waals surface area contributed by atoms with Crippen LogP contribution in [0.5, 0.6) is 0 Å². The zero-order valence-corrected chi connectivity index (χ0v) is 15.5. The van der Waals surface area contributed by atoms with Gasteiger partial charge in [-0.3, -0.25) is 14.7 Å². The number of fused-ring (bicyclic) bond motifs is 1. The van der Waals surface area contributed by atoms with E-state index in [1.807, 2.05) is 18.2 Å². The molecule has 3 heterocycles. The molecule has 0 saturated carbocycles. The lowest BCUT2D eigenvalue weighted by atomic mass is 9.81. The number of aromatic amines is 1. The topological polar surface area (TPSA) is 82.1 Å². The number of rotatable bonds is 6. The number of hydrogen-bond acceptors (Lipinski definition) is 4. The number of piperidine rings is 1. The molecule has 2 atom stereocenters. The van der Waals surface area contributed by atoms with Crippen molar-refractivity contribution in [3.63, 3.8) is 0 Å². The number of pyridine rings is 1. The zero-order chi connectivity index (χ0) is 19.5. The normalized spacial score (nSPS) is 20.5. The third-order valence-electron chi connectivity index (χ3n) is 5.47. The third-order valence-corrected chi connectivity index (χ3v) is 5.47. The second-order valence-corrected chi connectivity index (χ2v) is 7.51. The maximum atomic E-state index is 13.4. The molecule has 0 amide bonds. The molecule has 7 heteroatoms. The summed E-state index contributed by atoms with van der Waals surface area (Å²) in [6, 6.07) is 10.4. The van der Waals surface area contributed by atoms with Crippen LogP contribution in [-0.2, 0) is 17.8 Å². The summed E-state index contributed by atoms with van der Waals surface area (Å²) < 4.78 is 13.4. The highest BCUT2D eigenvalue weighted by atomic mass is 19.1. The van der Waals surface area contributed by atoms with E-state index in [0.29, 0.717) is 11.9 Å². The molecule has 1 aromatic carbocycles. The Morgan fingerprint density at radius 1 is 1.29 bits per heavy atom. The van der Waals surface area contributed by atoms with E-state index in [-0.39, 0.29) is 24.1 Å². The molecule has 0 radical (unpaired) electrons. The van der Waals surface area contributed by atoms with Gasteiger partial charge >= 0.3 is 5.97 Å². The highest BCUT2D eigenvalue weighted by Gasteiger charge is 2.31. The third kappa shape index (κ3) is 4.36. The van der Waals surface area contributed by atoms with Gasteiger partial charge in [-0.25, -0.2) is 9.37 Å². The molecule has 0 aliphatic carbocycles. The predicted octanol–water partition coefficient (Wildman–Crippen LogP) is 3.25. The van der Waals surface area contributed by atoms with Crippen LogP contribution in [0.3, 0.4) is 0 Å². The summed E-state index contributed by atoms with van der Waals surface area (Å²) in [5.74, 6) is -0.0208. The number of H-pyrrole nitrogens is 1. The average molecular weight is 382 g/mol. The maximum Gasteiger partial charge on any atom is 0.303 e. The second-order valence-electron chi connectivity index (χ2n) is 7.51. The lowest BCUT2D eigenvalue weighted by Gasteiger charge is -2.37. The first-order valence-electron chi connectivity index (χ1n) is 9.55. The molecule has 1 saturated heterocycles. The number of aromatic nitrogens is 3. The zero-order valence-electron chi connectivity index (χ0n) is 15.5. The van der Waals surface area contributed by atoms with Gasteiger partial charge in [0, 0.05) is 32.1 Å². The Kier molecular flexibility index (Phi) is 5.34. The molecule has 6 nitrogen and oxygen atoms in total. The molecule has 28 heavy (non-hydrogen) atoms. The van der Waals surface area contributed by atoms with E-state index >= 15 is 0 Å². The van der Waals surface area contributed by atoms with Crippen LogP contribution >= 0.6 is 0 Å². The van der Waals surface area contributed by atoms with Crippen LogP contribution in [0.2, 0.25) is 0 Å². The number of carboxylic acids is 1. The van der Waals surface area contributed by atoms with E-state index < -0.39 is 5.97 Å². The van der Waals surface area contributed by atoms with Crippen molar-refractivity contribution >= 4 is 17.0 Å². The molecule has 0 unspecified atom stereocenters. The number of likely N-dealkylation sites (tertiary alicyclic amines) is 1. The summed E-state index contributed by atoms with van der Waals surface area (Å²) in [7, 11) is 0. The SMILES string of the molecule is O=C(O)C[C@@H]1CCN(Cc2ccccn2)C[C@@H]1Cc1nc2ccc(F)cc2[nH]1. The lowest BCUT2D eigenvalue weighted by Crippen LogP contribution is -2.41. The van der Waals surface area contributed by atoms with Gasteiger partial charge < -0.3 is 10.1 Å². The summed E-state index contributed by atoms with van der Waals surface area (Å²) in [5.41, 5.74) is 2.41. The molecule has 2 aromatic heterocycles. The first-order valence-corrected chi connectivity index (χ1v) is 9.55. The average Bonchev–Trinajstić information content (AvgIpc) is 3.06. The second kappa shape index (κ2) is 8.06. The summed E-state index contributed by atoms with van der Waals surface area (Å²) in [4.78, 5) is 25.8. The largest absolute Gasteiger partial charge is 0.481 e. The van der Waals surface area contributed by atoms with Crippen LogP contribution in [-0.4, -0.2) is 44.0 Å². The van der Waals surface area contributed by atoms with Crippen molar-refractivity contribution in [2.24, 2.45) is 11.8 Å². The van der Waals surface area contributed by atoms with Crippen molar-refractivity contribution in [1.29, 1.82) is 0 Å². The highest BCUT2D eigenvalue weighted by Crippen LogP contribution is 2.30. The minimum Gasteiger partial charge on any atom is -0.481 e. The van der Waals surface area contributed by atoms with Crippen LogP contribution in [0, 0.1) is 17.7 Å². The van der Waals surface area contributed by atoms with E-state index in [9.17, 15) is 14.3 Å². The van der Waals surface area contributed by atoms with Crippen molar-refractivity contribution in [2.75, 3.05) is 13.1 Å². The number of nitrogens with one attached hydrogen (secondary N) is 1. The minimum absolute atomic E-state index is 0.0995. The number of carboxylic acid groups (broad SMARTS) is 1. The van der Waals surface area contributed by atoms with E-state index in [2.05, 4.69) is 19.9 Å². The van der Waals surface area contributed by atoms with Crippen molar-refractivity contribution in [3.05, 3.63) is 59.9 Å². The number of imidazole rings is 1. The van der Waals surface area contributed by atoms with Crippen LogP contribution in [0.15, 0.2) is 42.6 Å². The molecule has 0 bridgehead atoms. The Balaban J connectivity index is 1.51. The molecule has 0 spiro atoms. The molecule has 1 fully saturated rings. The summed E-state index contributed by atoms with van der Waals surface area (Å²) in [6.45, 7) is 2.40. The molecule has 4 rings (SSSR count). The maximum absolute atomic E-state index is 13.4. The van der Waals surface area contributed by atoms with Gasteiger partial charge in [0.25, 0.3) is 0 Å². The number of nitrogens with zero attached hydrogens (tertiary/aromatic N) is 3.